The molecule has 2 fully saturated rings. The lowest BCUT2D eigenvalue weighted by Crippen LogP contribution is -2.56. The van der Waals surface area contributed by atoms with Crippen molar-refractivity contribution in [2.45, 2.75) is 58.4 Å². The van der Waals surface area contributed by atoms with E-state index < -0.39 is 0 Å². The van der Waals surface area contributed by atoms with E-state index in [2.05, 4.69) is 48.3 Å². The highest BCUT2D eigenvalue weighted by Crippen LogP contribution is 2.44. The van der Waals surface area contributed by atoms with Crippen molar-refractivity contribution in [1.29, 1.82) is 0 Å². The number of nitrogens with zero attached hydrogens (tertiary/aromatic N) is 1. The number of hydrogen-bond donors (Lipinski definition) is 1. The van der Waals surface area contributed by atoms with Crippen molar-refractivity contribution in [2.75, 3.05) is 24.5 Å². The highest BCUT2D eigenvalue weighted by Gasteiger charge is 2.42. The molecule has 1 spiro atoms. The van der Waals surface area contributed by atoms with Gasteiger partial charge in [-0.15, -0.1) is 0 Å². The van der Waals surface area contributed by atoms with Gasteiger partial charge in [-0.2, -0.15) is 0 Å². The summed E-state index contributed by atoms with van der Waals surface area (Å²) in [4.78, 5) is 2.59. The molecule has 116 valence electrons. The van der Waals surface area contributed by atoms with E-state index in [0.717, 1.165) is 6.54 Å². The molecule has 2 heteroatoms. The number of hydrogen-bond acceptors (Lipinski definition) is 2. The van der Waals surface area contributed by atoms with Gasteiger partial charge < -0.3 is 10.2 Å². The zero-order valence-corrected chi connectivity index (χ0v) is 13.7. The monoisotopic (exact) mass is 286 g/mol. The molecule has 1 saturated heterocycles. The maximum absolute atomic E-state index is 3.51. The predicted octanol–water partition coefficient (Wildman–Crippen LogP) is 4.52. The molecule has 1 unspecified atom stereocenters. The maximum atomic E-state index is 3.51. The van der Waals surface area contributed by atoms with Gasteiger partial charge in [0.25, 0.3) is 0 Å². The average Bonchev–Trinajstić information content (AvgIpc) is 2.72. The van der Waals surface area contributed by atoms with Crippen molar-refractivity contribution < 1.29 is 0 Å². The third kappa shape index (κ3) is 3.26. The minimum Gasteiger partial charge on any atom is -0.370 e. The van der Waals surface area contributed by atoms with Crippen LogP contribution < -0.4 is 10.2 Å². The lowest BCUT2D eigenvalue weighted by atomic mass is 9.73. The summed E-state index contributed by atoms with van der Waals surface area (Å²) in [5, 5.41) is 3.51. The van der Waals surface area contributed by atoms with Gasteiger partial charge >= 0.3 is 0 Å². The van der Waals surface area contributed by atoms with E-state index in [4.69, 9.17) is 0 Å². The summed E-state index contributed by atoms with van der Waals surface area (Å²) >= 11 is 0. The molecule has 0 radical (unpaired) electrons. The third-order valence-electron chi connectivity index (χ3n) is 5.46. The van der Waals surface area contributed by atoms with Crippen molar-refractivity contribution in [2.24, 2.45) is 5.41 Å². The van der Waals surface area contributed by atoms with Crippen LogP contribution in [0, 0.1) is 5.41 Å². The Bertz CT molecular complexity index is 452. The molecule has 1 aliphatic carbocycles. The molecule has 1 aliphatic heterocycles. The van der Waals surface area contributed by atoms with Crippen molar-refractivity contribution >= 4 is 5.69 Å². The normalized spacial score (nSPS) is 22.7. The summed E-state index contributed by atoms with van der Waals surface area (Å²) in [7, 11) is 0. The largest absolute Gasteiger partial charge is 0.370 e. The van der Waals surface area contributed by atoms with Gasteiger partial charge in [-0.25, -0.2) is 0 Å². The quantitative estimate of drug-likeness (QED) is 0.875. The zero-order valence-electron chi connectivity index (χ0n) is 13.7. The number of nitrogens with one attached hydrogen (secondary N) is 1. The minimum absolute atomic E-state index is 0.447. The van der Waals surface area contributed by atoms with Crippen molar-refractivity contribution in [3.63, 3.8) is 0 Å². The number of anilines is 1. The topological polar surface area (TPSA) is 15.3 Å². The van der Waals surface area contributed by atoms with E-state index in [0.29, 0.717) is 11.5 Å². The summed E-state index contributed by atoms with van der Waals surface area (Å²) < 4.78 is 0. The van der Waals surface area contributed by atoms with Gasteiger partial charge in [0.2, 0.25) is 0 Å². The molecular weight excluding hydrogens is 256 g/mol. The predicted molar refractivity (Wildman–Crippen MR) is 90.9 cm³/mol. The van der Waals surface area contributed by atoms with Gasteiger partial charge in [0.05, 0.1) is 0 Å². The van der Waals surface area contributed by atoms with Crippen molar-refractivity contribution in [3.05, 3.63) is 29.8 Å². The van der Waals surface area contributed by atoms with Crippen LogP contribution in [0.4, 0.5) is 5.69 Å². The highest BCUT2D eigenvalue weighted by atomic mass is 15.2. The molecule has 1 atom stereocenters. The van der Waals surface area contributed by atoms with Gasteiger partial charge in [0.1, 0.15) is 0 Å². The SMILES string of the molecule is CCNC(C)c1cccc(N2CC3(CCCCCC3)C2)c1. The van der Waals surface area contributed by atoms with Crippen LogP contribution in [-0.2, 0) is 0 Å². The second-order valence-corrected chi connectivity index (χ2v) is 7.14. The van der Waals surface area contributed by atoms with Crippen molar-refractivity contribution in [1.82, 2.24) is 5.32 Å². The van der Waals surface area contributed by atoms with Crippen LogP contribution in [0.15, 0.2) is 24.3 Å². The maximum Gasteiger partial charge on any atom is 0.0369 e. The molecule has 1 saturated carbocycles. The first kappa shape index (κ1) is 14.9. The first-order valence-electron chi connectivity index (χ1n) is 8.81. The van der Waals surface area contributed by atoms with Gasteiger partial charge in [-0.05, 0) is 44.0 Å². The van der Waals surface area contributed by atoms with Crippen molar-refractivity contribution in [3.8, 4) is 0 Å². The van der Waals surface area contributed by atoms with Crippen LogP contribution in [-0.4, -0.2) is 19.6 Å². The first-order valence-corrected chi connectivity index (χ1v) is 8.81. The van der Waals surface area contributed by atoms with E-state index in [1.807, 2.05) is 0 Å². The van der Waals surface area contributed by atoms with Crippen LogP contribution in [0.1, 0.15) is 64.0 Å². The Balaban J connectivity index is 1.65. The Morgan fingerprint density at radius 2 is 1.86 bits per heavy atom. The van der Waals surface area contributed by atoms with Crippen LogP contribution in [0.25, 0.3) is 0 Å². The summed E-state index contributed by atoms with van der Waals surface area (Å²) in [5.41, 5.74) is 3.49. The summed E-state index contributed by atoms with van der Waals surface area (Å²) in [6.45, 7) is 8.02. The molecule has 1 N–H and O–H groups in total. The van der Waals surface area contributed by atoms with Crippen LogP contribution in [0.5, 0.6) is 0 Å². The van der Waals surface area contributed by atoms with Crippen LogP contribution >= 0.6 is 0 Å². The molecule has 0 amide bonds. The van der Waals surface area contributed by atoms with E-state index in [9.17, 15) is 0 Å². The summed E-state index contributed by atoms with van der Waals surface area (Å²) in [6.07, 6.45) is 8.72. The molecule has 3 rings (SSSR count). The van der Waals surface area contributed by atoms with E-state index >= 15 is 0 Å². The molecule has 2 aliphatic rings. The Labute approximate surface area is 129 Å². The van der Waals surface area contributed by atoms with E-state index in [1.54, 1.807) is 0 Å². The molecule has 2 nitrogen and oxygen atoms in total. The smallest absolute Gasteiger partial charge is 0.0369 e. The molecule has 1 heterocycles. The lowest BCUT2D eigenvalue weighted by molar-refractivity contribution is 0.180. The summed E-state index contributed by atoms with van der Waals surface area (Å²) in [6, 6.07) is 9.58. The second-order valence-electron chi connectivity index (χ2n) is 7.14. The van der Waals surface area contributed by atoms with E-state index in [-0.39, 0.29) is 0 Å². The Morgan fingerprint density at radius 1 is 1.14 bits per heavy atom. The fourth-order valence-electron chi connectivity index (χ4n) is 4.16. The lowest BCUT2D eigenvalue weighted by Gasteiger charge is -2.52. The first-order chi connectivity index (χ1) is 10.2. The van der Waals surface area contributed by atoms with Gasteiger partial charge in [0, 0.05) is 30.2 Å². The van der Waals surface area contributed by atoms with E-state index in [1.165, 1.54) is 62.9 Å². The average molecular weight is 286 g/mol. The summed E-state index contributed by atoms with van der Waals surface area (Å²) in [5.74, 6) is 0. The molecular formula is C19H30N2. The number of rotatable bonds is 4. The molecule has 21 heavy (non-hydrogen) atoms. The second kappa shape index (κ2) is 6.39. The Morgan fingerprint density at radius 3 is 2.52 bits per heavy atom. The van der Waals surface area contributed by atoms with Crippen LogP contribution in [0.3, 0.4) is 0 Å². The highest BCUT2D eigenvalue weighted by molar-refractivity contribution is 5.52. The standard InChI is InChI=1S/C19H30N2/c1-3-20-16(2)17-9-8-10-18(13-17)21-14-19(15-21)11-6-4-5-7-12-19/h8-10,13,16,20H,3-7,11-12,14-15H2,1-2H3. The van der Waals surface area contributed by atoms with Gasteiger partial charge in [-0.1, -0.05) is 44.7 Å². The fourth-order valence-corrected chi connectivity index (χ4v) is 4.16. The molecule has 1 aromatic carbocycles. The zero-order chi connectivity index (χ0) is 14.7. The Kier molecular flexibility index (Phi) is 4.54. The van der Waals surface area contributed by atoms with Crippen LogP contribution in [0.2, 0.25) is 0 Å². The molecule has 0 bridgehead atoms. The third-order valence-corrected chi connectivity index (χ3v) is 5.46. The fraction of sp³-hybridized carbons (Fsp3) is 0.684. The van der Waals surface area contributed by atoms with Gasteiger partial charge in [-0.3, -0.25) is 0 Å². The molecule has 1 aromatic rings. The molecule has 0 aromatic heterocycles. The Hall–Kier alpha value is -1.02. The number of benzene rings is 1. The minimum atomic E-state index is 0.447. The van der Waals surface area contributed by atoms with Gasteiger partial charge in [0.15, 0.2) is 0 Å².